The van der Waals surface area contributed by atoms with E-state index in [0.29, 0.717) is 5.02 Å². The van der Waals surface area contributed by atoms with Gasteiger partial charge in [-0.15, -0.1) is 0 Å². The molecule has 1 aromatic rings. The summed E-state index contributed by atoms with van der Waals surface area (Å²) in [6.45, 7) is 0.0526. The Balaban J connectivity index is 2.65. The zero-order valence-corrected chi connectivity index (χ0v) is 9.68. The van der Waals surface area contributed by atoms with Gasteiger partial charge in [0.15, 0.2) is 0 Å². The number of hydrogen-bond donors (Lipinski definition) is 2. The number of benzene rings is 1. The summed E-state index contributed by atoms with van der Waals surface area (Å²) in [6, 6.07) is 4.51. The molecule has 0 saturated carbocycles. The maximum Gasteiger partial charge on any atom is 0.305 e. The third kappa shape index (κ3) is 3.72. The van der Waals surface area contributed by atoms with E-state index in [0.717, 1.165) is 0 Å². The molecule has 1 rings (SSSR count). The molecule has 1 aromatic carbocycles. The van der Waals surface area contributed by atoms with E-state index in [1.807, 2.05) is 0 Å². The van der Waals surface area contributed by atoms with E-state index >= 15 is 0 Å². The van der Waals surface area contributed by atoms with Gasteiger partial charge >= 0.3 is 5.97 Å². The van der Waals surface area contributed by atoms with Gasteiger partial charge in [0.2, 0.25) is 0 Å². The number of nitrogens with one attached hydrogen (secondary N) is 1. The van der Waals surface area contributed by atoms with Crippen molar-refractivity contribution in [3.63, 3.8) is 0 Å². The van der Waals surface area contributed by atoms with Crippen LogP contribution in [-0.4, -0.2) is 23.5 Å². The highest BCUT2D eigenvalue weighted by atomic mass is 35.5. The van der Waals surface area contributed by atoms with E-state index in [1.54, 1.807) is 6.07 Å². The molecule has 2 N–H and O–H groups in total. The first-order valence-electron chi connectivity index (χ1n) is 4.45. The predicted octanol–water partition coefficient (Wildman–Crippen LogP) is 2.20. The Morgan fingerprint density at radius 3 is 2.62 bits per heavy atom. The molecule has 0 radical (unpaired) electrons. The van der Waals surface area contributed by atoms with E-state index in [4.69, 9.17) is 28.3 Å². The van der Waals surface area contributed by atoms with Crippen molar-refractivity contribution in [2.45, 2.75) is 6.42 Å². The lowest BCUT2D eigenvalue weighted by Crippen LogP contribution is -2.26. The number of carbonyl (C=O) groups excluding carboxylic acids is 1. The normalized spacial score (nSPS) is 9.88. The molecule has 0 bridgehead atoms. The number of aliphatic carboxylic acids is 1. The third-order valence-electron chi connectivity index (χ3n) is 1.80. The fourth-order valence-electron chi connectivity index (χ4n) is 1.05. The molecule has 0 heterocycles. The molecular weight excluding hydrogens is 253 g/mol. The van der Waals surface area contributed by atoms with Crippen LogP contribution >= 0.6 is 23.2 Å². The molecule has 86 valence electrons. The van der Waals surface area contributed by atoms with Crippen LogP contribution in [0.3, 0.4) is 0 Å². The zero-order valence-electron chi connectivity index (χ0n) is 8.17. The average Bonchev–Trinajstić information content (AvgIpc) is 2.21. The minimum absolute atomic E-state index is 0.0526. The molecule has 4 nitrogen and oxygen atoms in total. The smallest absolute Gasteiger partial charge is 0.305 e. The van der Waals surface area contributed by atoms with Crippen LogP contribution < -0.4 is 5.32 Å². The van der Waals surface area contributed by atoms with E-state index in [-0.39, 0.29) is 23.6 Å². The second-order valence-corrected chi connectivity index (χ2v) is 3.87. The van der Waals surface area contributed by atoms with Crippen molar-refractivity contribution in [1.29, 1.82) is 0 Å². The molecule has 0 unspecified atom stereocenters. The maximum atomic E-state index is 11.6. The van der Waals surface area contributed by atoms with Gasteiger partial charge < -0.3 is 10.4 Å². The summed E-state index contributed by atoms with van der Waals surface area (Å²) >= 11 is 11.5. The maximum absolute atomic E-state index is 11.6. The van der Waals surface area contributed by atoms with Gasteiger partial charge in [-0.25, -0.2) is 0 Å². The first-order chi connectivity index (χ1) is 7.50. The van der Waals surface area contributed by atoms with E-state index in [2.05, 4.69) is 5.32 Å². The van der Waals surface area contributed by atoms with Crippen molar-refractivity contribution in [1.82, 2.24) is 5.32 Å². The topological polar surface area (TPSA) is 66.4 Å². The highest BCUT2D eigenvalue weighted by molar-refractivity contribution is 6.35. The highest BCUT2D eigenvalue weighted by Gasteiger charge is 2.10. The van der Waals surface area contributed by atoms with Crippen LogP contribution in [-0.2, 0) is 4.79 Å². The molecule has 0 aliphatic heterocycles. The quantitative estimate of drug-likeness (QED) is 0.874. The van der Waals surface area contributed by atoms with E-state index < -0.39 is 11.9 Å². The van der Waals surface area contributed by atoms with Crippen LogP contribution in [0.15, 0.2) is 18.2 Å². The van der Waals surface area contributed by atoms with Crippen LogP contribution in [0.1, 0.15) is 16.8 Å². The van der Waals surface area contributed by atoms with E-state index in [9.17, 15) is 9.59 Å². The van der Waals surface area contributed by atoms with Gasteiger partial charge in [0.1, 0.15) is 0 Å². The van der Waals surface area contributed by atoms with Crippen molar-refractivity contribution in [3.8, 4) is 0 Å². The van der Waals surface area contributed by atoms with Gasteiger partial charge in [0.25, 0.3) is 5.91 Å². The van der Waals surface area contributed by atoms with Crippen molar-refractivity contribution in [2.24, 2.45) is 0 Å². The second kappa shape index (κ2) is 5.72. The molecule has 16 heavy (non-hydrogen) atoms. The summed E-state index contributed by atoms with van der Waals surface area (Å²) in [7, 11) is 0. The number of carbonyl (C=O) groups is 2. The molecule has 0 fully saturated rings. The zero-order chi connectivity index (χ0) is 12.1. The number of halogens is 2. The molecule has 1 amide bonds. The van der Waals surface area contributed by atoms with Gasteiger partial charge in [-0.05, 0) is 18.2 Å². The molecule has 0 saturated heterocycles. The van der Waals surface area contributed by atoms with Crippen molar-refractivity contribution < 1.29 is 14.7 Å². The largest absolute Gasteiger partial charge is 0.481 e. The van der Waals surface area contributed by atoms with Crippen LogP contribution in [0, 0.1) is 0 Å². The SMILES string of the molecule is O=C(O)CCNC(=O)c1cc(Cl)ccc1Cl. The van der Waals surface area contributed by atoms with Gasteiger partial charge in [-0.2, -0.15) is 0 Å². The summed E-state index contributed by atoms with van der Waals surface area (Å²) < 4.78 is 0. The summed E-state index contributed by atoms with van der Waals surface area (Å²) in [6.07, 6.45) is -0.135. The lowest BCUT2D eigenvalue weighted by molar-refractivity contribution is -0.136. The van der Waals surface area contributed by atoms with Gasteiger partial charge in [0, 0.05) is 11.6 Å². The Bertz CT molecular complexity index is 421. The van der Waals surface area contributed by atoms with Crippen molar-refractivity contribution >= 4 is 35.1 Å². The van der Waals surface area contributed by atoms with Crippen molar-refractivity contribution in [2.75, 3.05) is 6.54 Å². The number of hydrogen-bond acceptors (Lipinski definition) is 2. The number of rotatable bonds is 4. The summed E-state index contributed by atoms with van der Waals surface area (Å²) in [5.74, 6) is -1.41. The lowest BCUT2D eigenvalue weighted by Gasteiger charge is -2.05. The second-order valence-electron chi connectivity index (χ2n) is 3.02. The van der Waals surface area contributed by atoms with Crippen LogP contribution in [0.25, 0.3) is 0 Å². The highest BCUT2D eigenvalue weighted by Crippen LogP contribution is 2.20. The lowest BCUT2D eigenvalue weighted by atomic mass is 10.2. The molecule has 6 heteroatoms. The summed E-state index contributed by atoms with van der Waals surface area (Å²) in [5.41, 5.74) is 0.236. The summed E-state index contributed by atoms with van der Waals surface area (Å²) in [4.78, 5) is 21.8. The molecule has 0 aliphatic carbocycles. The number of amides is 1. The number of carboxylic acid groups (broad SMARTS) is 1. The van der Waals surface area contributed by atoms with Gasteiger partial charge in [-0.1, -0.05) is 23.2 Å². The van der Waals surface area contributed by atoms with E-state index in [1.165, 1.54) is 12.1 Å². The molecule has 0 aromatic heterocycles. The third-order valence-corrected chi connectivity index (χ3v) is 2.36. The van der Waals surface area contributed by atoms with Crippen LogP contribution in [0.4, 0.5) is 0 Å². The monoisotopic (exact) mass is 261 g/mol. The Hall–Kier alpha value is -1.26. The van der Waals surface area contributed by atoms with Crippen LogP contribution in [0.5, 0.6) is 0 Å². The standard InChI is InChI=1S/C10H9Cl2NO3/c11-6-1-2-8(12)7(5-6)10(16)13-4-3-9(14)15/h1-2,5H,3-4H2,(H,13,16)(H,14,15). The predicted molar refractivity (Wildman–Crippen MR) is 61.0 cm³/mol. The Morgan fingerprint density at radius 1 is 1.31 bits per heavy atom. The molecular formula is C10H9Cl2NO3. The Morgan fingerprint density at radius 2 is 2.00 bits per heavy atom. The molecule has 0 aliphatic rings. The minimum Gasteiger partial charge on any atom is -0.481 e. The average molecular weight is 262 g/mol. The minimum atomic E-state index is -0.975. The fraction of sp³-hybridized carbons (Fsp3) is 0.200. The Kier molecular flexibility index (Phi) is 4.58. The first kappa shape index (κ1) is 12.8. The van der Waals surface area contributed by atoms with Gasteiger partial charge in [-0.3, -0.25) is 9.59 Å². The summed E-state index contributed by atoms with van der Waals surface area (Å²) in [5, 5.41) is 11.5. The Labute approximate surface area is 102 Å². The fourth-order valence-corrected chi connectivity index (χ4v) is 1.43. The molecule has 0 atom stereocenters. The first-order valence-corrected chi connectivity index (χ1v) is 5.21. The van der Waals surface area contributed by atoms with Crippen LogP contribution in [0.2, 0.25) is 10.0 Å². The van der Waals surface area contributed by atoms with Gasteiger partial charge in [0.05, 0.1) is 17.0 Å². The van der Waals surface area contributed by atoms with Crippen molar-refractivity contribution in [3.05, 3.63) is 33.8 Å². The number of carboxylic acids is 1. The molecule has 0 spiro atoms.